The molecule has 0 aromatic carbocycles. The van der Waals surface area contributed by atoms with Gasteiger partial charge >= 0.3 is 0 Å². The quantitative estimate of drug-likeness (QED) is 0.852. The van der Waals surface area contributed by atoms with Crippen molar-refractivity contribution in [3.05, 3.63) is 41.5 Å². The minimum Gasteiger partial charge on any atom is -0.370 e. The number of hydrogen-bond donors (Lipinski definition) is 0. The molecule has 0 N–H and O–H groups in total. The molecule has 1 saturated heterocycles. The summed E-state index contributed by atoms with van der Waals surface area (Å²) in [5, 5.41) is 13.1. The van der Waals surface area contributed by atoms with E-state index in [0.717, 1.165) is 37.3 Å². The Bertz CT molecular complexity index is 776. The van der Waals surface area contributed by atoms with Crippen LogP contribution in [0.15, 0.2) is 24.4 Å². The van der Waals surface area contributed by atoms with Crippen molar-refractivity contribution >= 4 is 11.6 Å². The topological polar surface area (TPSA) is 78.1 Å². The van der Waals surface area contributed by atoms with E-state index in [9.17, 15) is 4.79 Å². The maximum Gasteiger partial charge on any atom is 0.274 e. The molecular formula is C18H22N6O. The summed E-state index contributed by atoms with van der Waals surface area (Å²) in [4.78, 5) is 20.8. The molecule has 1 amide bonds. The number of carbonyl (C=O) groups excluding carboxylic acids is 1. The molecule has 2 aromatic heterocycles. The smallest absolute Gasteiger partial charge is 0.274 e. The first-order valence-corrected chi connectivity index (χ1v) is 8.38. The summed E-state index contributed by atoms with van der Waals surface area (Å²) in [7, 11) is 3.70. The van der Waals surface area contributed by atoms with E-state index in [0.29, 0.717) is 11.4 Å². The zero-order valence-electron chi connectivity index (χ0n) is 14.8. The predicted molar refractivity (Wildman–Crippen MR) is 94.2 cm³/mol. The number of nitriles is 1. The summed E-state index contributed by atoms with van der Waals surface area (Å²) in [6.45, 7) is 3.65. The second kappa shape index (κ2) is 6.93. The van der Waals surface area contributed by atoms with Crippen molar-refractivity contribution < 1.29 is 4.79 Å². The fourth-order valence-corrected chi connectivity index (χ4v) is 3.16. The summed E-state index contributed by atoms with van der Waals surface area (Å²) >= 11 is 0. The Morgan fingerprint density at radius 3 is 2.60 bits per heavy atom. The van der Waals surface area contributed by atoms with Crippen LogP contribution in [0.1, 0.15) is 34.7 Å². The van der Waals surface area contributed by atoms with Crippen LogP contribution in [0.25, 0.3) is 0 Å². The number of carbonyl (C=O) groups is 1. The first kappa shape index (κ1) is 17.0. The highest BCUT2D eigenvalue weighted by Gasteiger charge is 2.27. The van der Waals surface area contributed by atoms with E-state index < -0.39 is 0 Å². The van der Waals surface area contributed by atoms with E-state index in [2.05, 4.69) is 15.0 Å². The van der Waals surface area contributed by atoms with Gasteiger partial charge in [0.25, 0.3) is 5.91 Å². The fraction of sp³-hybridized carbons (Fsp3) is 0.444. The number of aryl methyl sites for hydroxylation is 2. The van der Waals surface area contributed by atoms with Gasteiger partial charge in [-0.15, -0.1) is 0 Å². The van der Waals surface area contributed by atoms with E-state index in [1.54, 1.807) is 16.9 Å². The normalized spacial score (nSPS) is 15.0. The minimum atomic E-state index is -0.0258. The maximum absolute atomic E-state index is 12.6. The molecule has 0 spiro atoms. The molecule has 2 aromatic rings. The standard InChI is InChI=1S/C18H22N6O/c1-13-10-17(21-23(13)3)18(25)22(2)15-6-8-24(9-7-15)16-5-4-14(11-19)20-12-16/h4-5,10,12,15H,6-9H2,1-3H3. The minimum absolute atomic E-state index is 0.0258. The molecule has 0 bridgehead atoms. The van der Waals surface area contributed by atoms with Gasteiger partial charge in [0.05, 0.1) is 11.9 Å². The van der Waals surface area contributed by atoms with Gasteiger partial charge in [0.2, 0.25) is 0 Å². The van der Waals surface area contributed by atoms with Gasteiger partial charge in [-0.2, -0.15) is 10.4 Å². The van der Waals surface area contributed by atoms with Gasteiger partial charge in [0, 0.05) is 38.9 Å². The summed E-state index contributed by atoms with van der Waals surface area (Å²) in [6, 6.07) is 7.73. The van der Waals surface area contributed by atoms with Crippen LogP contribution in [0, 0.1) is 18.3 Å². The van der Waals surface area contributed by atoms with Crippen LogP contribution < -0.4 is 4.90 Å². The molecule has 0 aliphatic carbocycles. The van der Waals surface area contributed by atoms with E-state index in [-0.39, 0.29) is 11.9 Å². The molecule has 7 heteroatoms. The molecule has 0 atom stereocenters. The first-order valence-electron chi connectivity index (χ1n) is 8.38. The lowest BCUT2D eigenvalue weighted by Gasteiger charge is -2.37. The zero-order valence-corrected chi connectivity index (χ0v) is 14.8. The summed E-state index contributed by atoms with van der Waals surface area (Å²) < 4.78 is 1.72. The molecule has 0 saturated carbocycles. The molecule has 0 unspecified atom stereocenters. The molecule has 3 rings (SSSR count). The molecule has 1 aliphatic heterocycles. The molecule has 7 nitrogen and oxygen atoms in total. The molecule has 1 fully saturated rings. The van der Waals surface area contributed by atoms with Crippen molar-refractivity contribution in [1.29, 1.82) is 5.26 Å². The summed E-state index contributed by atoms with van der Waals surface area (Å²) in [5.74, 6) is -0.0258. The molecule has 25 heavy (non-hydrogen) atoms. The molecule has 0 radical (unpaired) electrons. The van der Waals surface area contributed by atoms with Crippen LogP contribution in [0.5, 0.6) is 0 Å². The second-order valence-electron chi connectivity index (χ2n) is 6.44. The molecular weight excluding hydrogens is 316 g/mol. The van der Waals surface area contributed by atoms with Crippen LogP contribution >= 0.6 is 0 Å². The van der Waals surface area contributed by atoms with Crippen LogP contribution in [0.3, 0.4) is 0 Å². The van der Waals surface area contributed by atoms with E-state index in [1.807, 2.05) is 44.1 Å². The van der Waals surface area contributed by atoms with Gasteiger partial charge in [-0.3, -0.25) is 9.48 Å². The zero-order chi connectivity index (χ0) is 18.0. The Labute approximate surface area is 147 Å². The van der Waals surface area contributed by atoms with Gasteiger partial charge < -0.3 is 9.80 Å². The van der Waals surface area contributed by atoms with Crippen LogP contribution in [-0.4, -0.2) is 51.8 Å². The highest BCUT2D eigenvalue weighted by molar-refractivity contribution is 5.92. The SMILES string of the molecule is Cc1cc(C(=O)N(C)C2CCN(c3ccc(C#N)nc3)CC2)nn1C. The van der Waals surface area contributed by atoms with Crippen molar-refractivity contribution in [3.8, 4) is 6.07 Å². The third-order valence-corrected chi connectivity index (χ3v) is 4.89. The Kier molecular flexibility index (Phi) is 4.70. The predicted octanol–water partition coefficient (Wildman–Crippen LogP) is 1.74. The fourth-order valence-electron chi connectivity index (χ4n) is 3.16. The maximum atomic E-state index is 12.6. The van der Waals surface area contributed by atoms with E-state index in [4.69, 9.17) is 5.26 Å². The highest BCUT2D eigenvalue weighted by Crippen LogP contribution is 2.22. The van der Waals surface area contributed by atoms with Crippen LogP contribution in [-0.2, 0) is 7.05 Å². The first-order chi connectivity index (χ1) is 12.0. The van der Waals surface area contributed by atoms with Crippen LogP contribution in [0.4, 0.5) is 5.69 Å². The van der Waals surface area contributed by atoms with Crippen LogP contribution in [0.2, 0.25) is 0 Å². The molecule has 3 heterocycles. The Morgan fingerprint density at radius 1 is 1.36 bits per heavy atom. The average molecular weight is 338 g/mol. The lowest BCUT2D eigenvalue weighted by molar-refractivity contribution is 0.0702. The highest BCUT2D eigenvalue weighted by atomic mass is 16.2. The van der Waals surface area contributed by atoms with Crippen molar-refractivity contribution in [1.82, 2.24) is 19.7 Å². The van der Waals surface area contributed by atoms with Gasteiger partial charge in [-0.05, 0) is 38.0 Å². The number of piperidine rings is 1. The molecule has 130 valence electrons. The number of aromatic nitrogens is 3. The van der Waals surface area contributed by atoms with Crippen molar-refractivity contribution in [3.63, 3.8) is 0 Å². The van der Waals surface area contributed by atoms with E-state index in [1.165, 1.54) is 0 Å². The summed E-state index contributed by atoms with van der Waals surface area (Å²) in [6.07, 6.45) is 3.53. The number of hydrogen-bond acceptors (Lipinski definition) is 5. The third kappa shape index (κ3) is 3.48. The third-order valence-electron chi connectivity index (χ3n) is 4.89. The average Bonchev–Trinajstić information content (AvgIpc) is 2.99. The number of nitrogens with zero attached hydrogens (tertiary/aromatic N) is 6. The Morgan fingerprint density at radius 2 is 2.08 bits per heavy atom. The number of pyridine rings is 1. The van der Waals surface area contributed by atoms with Gasteiger partial charge in [-0.25, -0.2) is 4.98 Å². The Hall–Kier alpha value is -2.88. The lowest BCUT2D eigenvalue weighted by atomic mass is 10.0. The largest absolute Gasteiger partial charge is 0.370 e. The van der Waals surface area contributed by atoms with Crippen molar-refractivity contribution in [2.75, 3.05) is 25.0 Å². The lowest BCUT2D eigenvalue weighted by Crippen LogP contribution is -2.45. The van der Waals surface area contributed by atoms with Crippen molar-refractivity contribution in [2.45, 2.75) is 25.8 Å². The number of rotatable bonds is 3. The monoisotopic (exact) mass is 338 g/mol. The second-order valence-corrected chi connectivity index (χ2v) is 6.44. The number of anilines is 1. The Balaban J connectivity index is 1.61. The van der Waals surface area contributed by atoms with Gasteiger partial charge in [0.1, 0.15) is 11.8 Å². The molecule has 1 aliphatic rings. The van der Waals surface area contributed by atoms with Gasteiger partial charge in [-0.1, -0.05) is 0 Å². The number of amides is 1. The summed E-state index contributed by atoms with van der Waals surface area (Å²) in [5.41, 5.74) is 2.92. The van der Waals surface area contributed by atoms with Gasteiger partial charge in [0.15, 0.2) is 5.69 Å². The van der Waals surface area contributed by atoms with Crippen molar-refractivity contribution in [2.24, 2.45) is 7.05 Å². The van der Waals surface area contributed by atoms with E-state index >= 15 is 0 Å².